The number of carbonyl (C=O) groups is 2. The van der Waals surface area contributed by atoms with Crippen molar-refractivity contribution >= 4 is 11.8 Å². The maximum atomic E-state index is 12.5. The number of rotatable bonds is 7. The Hall–Kier alpha value is -1.89. The van der Waals surface area contributed by atoms with E-state index in [1.165, 1.54) is 4.90 Å². The predicted molar refractivity (Wildman–Crippen MR) is 80.6 cm³/mol. The van der Waals surface area contributed by atoms with Crippen molar-refractivity contribution in [2.24, 2.45) is 7.05 Å². The van der Waals surface area contributed by atoms with Gasteiger partial charge in [-0.15, -0.1) is 0 Å². The lowest BCUT2D eigenvalue weighted by molar-refractivity contribution is -0.140. The molecule has 1 atom stereocenters. The van der Waals surface area contributed by atoms with E-state index in [0.29, 0.717) is 13.1 Å². The van der Waals surface area contributed by atoms with Crippen molar-refractivity contribution in [2.45, 2.75) is 19.9 Å². The molecule has 1 aromatic heterocycles. The molecule has 21 heavy (non-hydrogen) atoms. The molecule has 1 N–H and O–H groups in total. The fourth-order valence-corrected chi connectivity index (χ4v) is 2.20. The maximum absolute atomic E-state index is 12.5. The van der Waals surface area contributed by atoms with Crippen LogP contribution in [0.25, 0.3) is 0 Å². The number of likely N-dealkylation sites (N-methyl/N-ethyl adjacent to an activating group) is 3. The molecule has 0 spiro atoms. The third kappa shape index (κ3) is 4.29. The van der Waals surface area contributed by atoms with Gasteiger partial charge in [0, 0.05) is 38.9 Å². The van der Waals surface area contributed by atoms with E-state index < -0.39 is 6.04 Å². The highest BCUT2D eigenvalue weighted by Crippen LogP contribution is 2.14. The summed E-state index contributed by atoms with van der Waals surface area (Å²) in [5.41, 5.74) is 0.784. The monoisotopic (exact) mass is 295 g/mol. The Morgan fingerprint density at radius 1 is 1.38 bits per heavy atom. The Balaban J connectivity index is 2.74. The maximum Gasteiger partial charge on any atom is 0.244 e. The molecular weight excluding hydrogens is 270 g/mol. The Bertz CT molecular complexity index is 481. The van der Waals surface area contributed by atoms with Gasteiger partial charge < -0.3 is 15.1 Å². The molecule has 0 aliphatic carbocycles. The van der Waals surface area contributed by atoms with Crippen LogP contribution in [0.1, 0.15) is 25.5 Å². The first kappa shape index (κ1) is 17.2. The van der Waals surface area contributed by atoms with Crippen molar-refractivity contribution in [1.82, 2.24) is 24.9 Å². The second-order valence-corrected chi connectivity index (χ2v) is 4.93. The van der Waals surface area contributed by atoms with Crippen LogP contribution in [0.4, 0.5) is 0 Å². The lowest BCUT2D eigenvalue weighted by Gasteiger charge is -2.25. The van der Waals surface area contributed by atoms with E-state index >= 15 is 0 Å². The van der Waals surface area contributed by atoms with Gasteiger partial charge in [-0.05, 0) is 20.9 Å². The topological polar surface area (TPSA) is 70.5 Å². The number of aromatic nitrogens is 2. The van der Waals surface area contributed by atoms with Gasteiger partial charge in [-0.25, -0.2) is 0 Å². The predicted octanol–water partition coefficient (Wildman–Crippen LogP) is 0.00740. The van der Waals surface area contributed by atoms with Gasteiger partial charge in [-0.3, -0.25) is 14.3 Å². The number of nitrogens with zero attached hydrogens (tertiary/aromatic N) is 4. The molecule has 0 aromatic carbocycles. The molecule has 1 unspecified atom stereocenters. The zero-order valence-electron chi connectivity index (χ0n) is 13.5. The van der Waals surface area contributed by atoms with Crippen molar-refractivity contribution < 1.29 is 9.59 Å². The van der Waals surface area contributed by atoms with E-state index in [0.717, 1.165) is 5.56 Å². The summed E-state index contributed by atoms with van der Waals surface area (Å²) >= 11 is 0. The molecule has 0 saturated carbocycles. The standard InChI is InChI=1S/C14H25N5O2/c1-6-19(7-2)12(20)10-17(4)14(21)13(15-3)11-8-16-18(5)9-11/h8-9,13,15H,6-7,10H2,1-5H3. The molecule has 1 rings (SSSR count). The van der Waals surface area contributed by atoms with E-state index in [9.17, 15) is 9.59 Å². The van der Waals surface area contributed by atoms with Crippen molar-refractivity contribution in [3.63, 3.8) is 0 Å². The second kappa shape index (κ2) is 7.78. The van der Waals surface area contributed by atoms with Crippen molar-refractivity contribution in [2.75, 3.05) is 33.7 Å². The van der Waals surface area contributed by atoms with Gasteiger partial charge in [0.2, 0.25) is 11.8 Å². The number of amides is 2. The number of hydrogen-bond donors (Lipinski definition) is 1. The van der Waals surface area contributed by atoms with Gasteiger partial charge in [0.25, 0.3) is 0 Å². The summed E-state index contributed by atoms with van der Waals surface area (Å²) in [5, 5.41) is 7.05. The molecule has 0 bridgehead atoms. The molecule has 0 aliphatic heterocycles. The minimum absolute atomic E-state index is 0.0445. The summed E-state index contributed by atoms with van der Waals surface area (Å²) in [5.74, 6) is -0.192. The quantitative estimate of drug-likeness (QED) is 0.769. The zero-order valence-corrected chi connectivity index (χ0v) is 13.5. The highest BCUT2D eigenvalue weighted by Gasteiger charge is 2.25. The molecule has 2 amide bonds. The average Bonchev–Trinajstić information content (AvgIpc) is 2.87. The molecule has 0 fully saturated rings. The Kier molecular flexibility index (Phi) is 6.36. The van der Waals surface area contributed by atoms with Gasteiger partial charge in [0.05, 0.1) is 12.7 Å². The zero-order chi connectivity index (χ0) is 16.0. The van der Waals surface area contributed by atoms with Crippen LogP contribution < -0.4 is 5.32 Å². The smallest absolute Gasteiger partial charge is 0.244 e. The van der Waals surface area contributed by atoms with Crippen LogP contribution in [0.5, 0.6) is 0 Å². The van der Waals surface area contributed by atoms with Gasteiger partial charge in [0.1, 0.15) is 6.04 Å². The van der Waals surface area contributed by atoms with Gasteiger partial charge in [0.15, 0.2) is 0 Å². The summed E-state index contributed by atoms with van der Waals surface area (Å²) in [6, 6.07) is -0.492. The number of carbonyl (C=O) groups excluding carboxylic acids is 2. The van der Waals surface area contributed by atoms with Crippen LogP contribution in [-0.4, -0.2) is 65.1 Å². The van der Waals surface area contributed by atoms with Crippen LogP contribution in [0.2, 0.25) is 0 Å². The van der Waals surface area contributed by atoms with Crippen LogP contribution in [0.15, 0.2) is 12.4 Å². The lowest BCUT2D eigenvalue weighted by Crippen LogP contribution is -2.44. The van der Waals surface area contributed by atoms with Crippen molar-refractivity contribution in [3.05, 3.63) is 18.0 Å². The third-order valence-electron chi connectivity index (χ3n) is 3.46. The first-order valence-electron chi connectivity index (χ1n) is 7.13. The Morgan fingerprint density at radius 2 is 2.00 bits per heavy atom. The lowest BCUT2D eigenvalue weighted by atomic mass is 10.1. The number of nitrogens with one attached hydrogen (secondary N) is 1. The summed E-state index contributed by atoms with van der Waals surface area (Å²) in [4.78, 5) is 27.7. The van der Waals surface area contributed by atoms with Crippen molar-refractivity contribution in [3.8, 4) is 0 Å². The molecular formula is C14H25N5O2. The highest BCUT2D eigenvalue weighted by molar-refractivity contribution is 5.88. The SMILES string of the molecule is CCN(CC)C(=O)CN(C)C(=O)C(NC)c1cnn(C)c1. The average molecular weight is 295 g/mol. The van der Waals surface area contributed by atoms with E-state index in [1.54, 1.807) is 43.1 Å². The molecule has 0 saturated heterocycles. The fraction of sp³-hybridized carbons (Fsp3) is 0.643. The normalized spacial score (nSPS) is 12.0. The van der Waals surface area contributed by atoms with Crippen LogP contribution in [0, 0.1) is 0 Å². The minimum Gasteiger partial charge on any atom is -0.342 e. The van der Waals surface area contributed by atoms with E-state index in [-0.39, 0.29) is 18.4 Å². The molecule has 1 aromatic rings. The van der Waals surface area contributed by atoms with Gasteiger partial charge in [-0.2, -0.15) is 5.10 Å². The molecule has 7 nitrogen and oxygen atoms in total. The van der Waals surface area contributed by atoms with Crippen LogP contribution in [-0.2, 0) is 16.6 Å². The Morgan fingerprint density at radius 3 is 2.43 bits per heavy atom. The van der Waals surface area contributed by atoms with Crippen molar-refractivity contribution in [1.29, 1.82) is 0 Å². The molecule has 1 heterocycles. The van der Waals surface area contributed by atoms with E-state index in [4.69, 9.17) is 0 Å². The summed E-state index contributed by atoms with van der Waals surface area (Å²) in [7, 11) is 5.16. The molecule has 0 radical (unpaired) electrons. The third-order valence-corrected chi connectivity index (χ3v) is 3.46. The summed E-state index contributed by atoms with van der Waals surface area (Å²) < 4.78 is 1.65. The van der Waals surface area contributed by atoms with E-state index in [1.807, 2.05) is 13.8 Å². The van der Waals surface area contributed by atoms with E-state index in [2.05, 4.69) is 10.4 Å². The largest absolute Gasteiger partial charge is 0.342 e. The second-order valence-electron chi connectivity index (χ2n) is 4.93. The van der Waals surface area contributed by atoms with Crippen LogP contribution >= 0.6 is 0 Å². The Labute approximate surface area is 125 Å². The van der Waals surface area contributed by atoms with Crippen LogP contribution in [0.3, 0.4) is 0 Å². The van der Waals surface area contributed by atoms with Gasteiger partial charge in [-0.1, -0.05) is 0 Å². The molecule has 118 valence electrons. The minimum atomic E-state index is -0.492. The fourth-order valence-electron chi connectivity index (χ4n) is 2.20. The first-order chi connectivity index (χ1) is 9.94. The molecule has 7 heteroatoms. The summed E-state index contributed by atoms with van der Waals surface area (Å²) in [6.45, 7) is 5.23. The number of aryl methyl sites for hydroxylation is 1. The molecule has 0 aliphatic rings. The number of hydrogen-bond acceptors (Lipinski definition) is 4. The first-order valence-corrected chi connectivity index (χ1v) is 7.13. The highest BCUT2D eigenvalue weighted by atomic mass is 16.2. The summed E-state index contributed by atoms with van der Waals surface area (Å²) in [6.07, 6.45) is 3.44. The van der Waals surface area contributed by atoms with Gasteiger partial charge >= 0.3 is 0 Å².